The van der Waals surface area contributed by atoms with Crippen LogP contribution in [0.25, 0.3) is 5.69 Å². The number of pyridine rings is 1. The van der Waals surface area contributed by atoms with Gasteiger partial charge in [-0.2, -0.15) is 4.57 Å². The Labute approximate surface area is 160 Å². The van der Waals surface area contributed by atoms with Gasteiger partial charge in [-0.1, -0.05) is 30.3 Å². The van der Waals surface area contributed by atoms with Crippen LogP contribution in [0.3, 0.4) is 0 Å². The highest BCUT2D eigenvalue weighted by molar-refractivity contribution is 5.66. The second-order valence-electron chi connectivity index (χ2n) is 6.04. The van der Waals surface area contributed by atoms with Crippen LogP contribution in [0.15, 0.2) is 66.7 Å². The van der Waals surface area contributed by atoms with E-state index in [0.29, 0.717) is 0 Å². The number of hydrogen-bond acceptors (Lipinski definition) is 5. The van der Waals surface area contributed by atoms with Gasteiger partial charge >= 0.3 is 0 Å². The van der Waals surface area contributed by atoms with E-state index in [1.54, 1.807) is 0 Å². The van der Waals surface area contributed by atoms with E-state index in [1.165, 1.54) is 22.6 Å². The van der Waals surface area contributed by atoms with Gasteiger partial charge in [0.2, 0.25) is 5.69 Å². The maximum atomic E-state index is 8.49. The zero-order chi connectivity index (χ0) is 20.0. The molecule has 0 saturated carbocycles. The van der Waals surface area contributed by atoms with Crippen LogP contribution in [0.4, 0.5) is 11.4 Å². The Morgan fingerprint density at radius 3 is 1.78 bits per heavy atom. The molecule has 0 amide bonds. The van der Waals surface area contributed by atoms with Gasteiger partial charge in [0.25, 0.3) is 0 Å². The number of rotatable bonds is 3. The number of hydrogen-bond donors (Lipinski definition) is 1. The summed E-state index contributed by atoms with van der Waals surface area (Å²) >= 11 is 0. The Morgan fingerprint density at radius 1 is 0.741 bits per heavy atom. The monoisotopic (exact) mass is 388 g/mol. The summed E-state index contributed by atoms with van der Waals surface area (Å²) < 4.78 is 36.3. The van der Waals surface area contributed by atoms with Crippen molar-refractivity contribution >= 4 is 11.4 Å². The SMILES string of the molecule is Cc1cc(C)[n+](-c2ccccc2Nc2ccccc2)c(C)c1.[O-][Cl+3]([O-])([O-])[O-]. The molecule has 3 rings (SSSR count). The van der Waals surface area contributed by atoms with E-state index in [4.69, 9.17) is 18.6 Å². The molecule has 0 bridgehead atoms. The van der Waals surface area contributed by atoms with E-state index in [-0.39, 0.29) is 0 Å². The molecule has 0 aliphatic carbocycles. The molecule has 0 unspecified atom stereocenters. The van der Waals surface area contributed by atoms with E-state index in [2.05, 4.69) is 79.2 Å². The molecule has 0 fully saturated rings. The number of aromatic nitrogens is 1. The van der Waals surface area contributed by atoms with Gasteiger partial charge in [0.15, 0.2) is 11.4 Å². The van der Waals surface area contributed by atoms with Crippen molar-refractivity contribution in [2.45, 2.75) is 20.8 Å². The summed E-state index contributed by atoms with van der Waals surface area (Å²) in [5.41, 5.74) is 7.13. The van der Waals surface area contributed by atoms with Gasteiger partial charge in [0.05, 0.1) is 0 Å². The predicted molar refractivity (Wildman–Crippen MR) is 91.9 cm³/mol. The fraction of sp³-hybridized carbons (Fsp3) is 0.150. The van der Waals surface area contributed by atoms with Crippen LogP contribution in [-0.2, 0) is 0 Å². The van der Waals surface area contributed by atoms with Crippen molar-refractivity contribution in [2.24, 2.45) is 0 Å². The highest BCUT2D eigenvalue weighted by Crippen LogP contribution is 2.21. The molecule has 6 nitrogen and oxygen atoms in total. The summed E-state index contributed by atoms with van der Waals surface area (Å²) in [5.74, 6) is 0. The summed E-state index contributed by atoms with van der Waals surface area (Å²) in [6, 6.07) is 23.1. The van der Waals surface area contributed by atoms with Gasteiger partial charge in [0.1, 0.15) is 5.69 Å². The second kappa shape index (κ2) is 8.94. The van der Waals surface area contributed by atoms with Crippen molar-refractivity contribution in [1.82, 2.24) is 0 Å². The molecule has 27 heavy (non-hydrogen) atoms. The third kappa shape index (κ3) is 6.63. The van der Waals surface area contributed by atoms with Crippen LogP contribution >= 0.6 is 0 Å². The number of nitrogens with zero attached hydrogens (tertiary/aromatic N) is 1. The van der Waals surface area contributed by atoms with E-state index in [1.807, 2.05) is 18.2 Å². The highest BCUT2D eigenvalue weighted by Gasteiger charge is 2.18. The largest absolute Gasteiger partial charge is 0.350 e. The molecule has 1 N–H and O–H groups in total. The quantitative estimate of drug-likeness (QED) is 0.629. The molecule has 2 aromatic carbocycles. The minimum Gasteiger partial charge on any atom is -0.350 e. The minimum absolute atomic E-state index is 1.10. The first-order chi connectivity index (χ1) is 12.6. The predicted octanol–water partition coefficient (Wildman–Crippen LogP) is -0.124. The lowest BCUT2D eigenvalue weighted by molar-refractivity contribution is -2.00. The van der Waals surface area contributed by atoms with Crippen LogP contribution in [0, 0.1) is 31.0 Å². The maximum absolute atomic E-state index is 8.49. The number of halogens is 1. The third-order valence-corrected chi connectivity index (χ3v) is 3.78. The standard InChI is InChI=1S/C20H21N2.ClHO4/c1-15-13-16(2)22(17(3)14-15)20-12-8-7-11-19(20)21-18-9-5-4-6-10-18;2-1(3,4)5/h4-14,21H,1-3H3;(H,2,3,4,5)/q+1;/p-1. The van der Waals surface area contributed by atoms with E-state index >= 15 is 0 Å². The van der Waals surface area contributed by atoms with E-state index in [0.717, 1.165) is 11.4 Å². The van der Waals surface area contributed by atoms with Gasteiger partial charge in [-0.15, -0.1) is 10.2 Å². The lowest BCUT2D eigenvalue weighted by Gasteiger charge is -2.17. The Bertz CT molecular complexity index is 867. The van der Waals surface area contributed by atoms with Crippen molar-refractivity contribution in [3.8, 4) is 5.69 Å². The average Bonchev–Trinajstić information content (AvgIpc) is 2.55. The fourth-order valence-corrected chi connectivity index (χ4v) is 2.94. The lowest BCUT2D eigenvalue weighted by Crippen LogP contribution is -2.68. The molecule has 0 atom stereocenters. The number of benzene rings is 2. The Morgan fingerprint density at radius 2 is 1.22 bits per heavy atom. The molecule has 3 aromatic rings. The van der Waals surface area contributed by atoms with E-state index in [9.17, 15) is 0 Å². The first kappa shape index (κ1) is 20.8. The fourth-order valence-electron chi connectivity index (χ4n) is 2.94. The maximum Gasteiger partial charge on any atom is 0.234 e. The van der Waals surface area contributed by atoms with Crippen molar-refractivity contribution < 1.29 is 33.4 Å². The molecule has 0 aliphatic heterocycles. The summed E-state index contributed by atoms with van der Waals surface area (Å²) in [4.78, 5) is 0. The van der Waals surface area contributed by atoms with E-state index < -0.39 is 10.2 Å². The molecular formula is C20H21ClN2O4. The van der Waals surface area contributed by atoms with Crippen LogP contribution in [0.5, 0.6) is 0 Å². The Balaban J connectivity index is 0.000000465. The van der Waals surface area contributed by atoms with Gasteiger partial charge in [-0.05, 0) is 30.7 Å². The van der Waals surface area contributed by atoms with Crippen molar-refractivity contribution in [3.05, 3.63) is 83.7 Å². The van der Waals surface area contributed by atoms with Gasteiger partial charge < -0.3 is 5.32 Å². The van der Waals surface area contributed by atoms with Crippen LogP contribution < -0.4 is 28.5 Å². The third-order valence-electron chi connectivity index (χ3n) is 3.78. The van der Waals surface area contributed by atoms with Crippen LogP contribution in [0.2, 0.25) is 0 Å². The lowest BCUT2D eigenvalue weighted by atomic mass is 10.1. The molecule has 0 aliphatic rings. The summed E-state index contributed by atoms with van der Waals surface area (Å²) in [7, 11) is -4.94. The zero-order valence-electron chi connectivity index (χ0n) is 15.3. The van der Waals surface area contributed by atoms with Crippen molar-refractivity contribution in [2.75, 3.05) is 5.32 Å². The van der Waals surface area contributed by atoms with Crippen molar-refractivity contribution in [3.63, 3.8) is 0 Å². The molecule has 1 heterocycles. The highest BCUT2D eigenvalue weighted by atomic mass is 35.7. The number of aryl methyl sites for hydroxylation is 3. The molecular weight excluding hydrogens is 368 g/mol. The first-order valence-electron chi connectivity index (χ1n) is 8.18. The molecule has 142 valence electrons. The summed E-state index contributed by atoms with van der Waals surface area (Å²) in [6.07, 6.45) is 0. The van der Waals surface area contributed by atoms with Crippen LogP contribution in [0.1, 0.15) is 17.0 Å². The normalized spacial score (nSPS) is 10.8. The Kier molecular flexibility index (Phi) is 6.90. The van der Waals surface area contributed by atoms with Crippen molar-refractivity contribution in [1.29, 1.82) is 0 Å². The van der Waals surface area contributed by atoms with Gasteiger partial charge in [0, 0.05) is 37.7 Å². The topological polar surface area (TPSA) is 108 Å². The zero-order valence-corrected chi connectivity index (χ0v) is 16.1. The molecule has 0 saturated heterocycles. The smallest absolute Gasteiger partial charge is 0.234 e. The summed E-state index contributed by atoms with van der Waals surface area (Å²) in [6.45, 7) is 6.44. The van der Waals surface area contributed by atoms with Gasteiger partial charge in [-0.25, -0.2) is 18.6 Å². The number of para-hydroxylation sites is 3. The molecule has 0 radical (unpaired) electrons. The van der Waals surface area contributed by atoms with Crippen LogP contribution in [-0.4, -0.2) is 0 Å². The minimum atomic E-state index is -4.94. The number of anilines is 2. The molecule has 7 heteroatoms. The molecule has 1 aromatic heterocycles. The average molecular weight is 389 g/mol. The Hall–Kier alpha value is -2.48. The summed E-state index contributed by atoms with van der Waals surface area (Å²) in [5, 5.41) is 3.52. The van der Waals surface area contributed by atoms with Gasteiger partial charge in [-0.3, -0.25) is 0 Å². The number of nitrogens with one attached hydrogen (secondary N) is 1. The second-order valence-corrected chi connectivity index (χ2v) is 6.79. The first-order valence-corrected chi connectivity index (χ1v) is 9.42. The molecule has 0 spiro atoms.